The van der Waals surface area contributed by atoms with Crippen LogP contribution in [-0.4, -0.2) is 96.6 Å². The molecule has 2 aromatic heterocycles. The lowest BCUT2D eigenvalue weighted by Crippen LogP contribution is -2.48. The number of carbonyl (C=O) groups excluding carboxylic acids is 4. The maximum absolute atomic E-state index is 12.7. The van der Waals surface area contributed by atoms with Gasteiger partial charge in [-0.1, -0.05) is 0 Å². The highest BCUT2D eigenvalue weighted by molar-refractivity contribution is 7.80. The van der Waals surface area contributed by atoms with Gasteiger partial charge in [-0.15, -0.1) is 0 Å². The molecule has 20 heteroatoms. The molecule has 1 aromatic carbocycles. The van der Waals surface area contributed by atoms with Crippen molar-refractivity contribution in [2.45, 2.75) is 44.3 Å². The molecule has 0 aliphatic carbocycles. The Morgan fingerprint density at radius 2 is 1.65 bits per heavy atom. The Morgan fingerprint density at radius 1 is 0.917 bits per heavy atom. The third kappa shape index (κ3) is 11.5. The van der Waals surface area contributed by atoms with Gasteiger partial charge in [0.25, 0.3) is 11.5 Å². The number of fused-ring (bicyclic) bond motifs is 1. The molecule has 3 aromatic rings. The molecule has 0 saturated carbocycles. The van der Waals surface area contributed by atoms with Gasteiger partial charge in [0.1, 0.15) is 12.1 Å². The number of aromatic nitrogens is 4. The molecule has 10 N–H and O–H groups in total. The molecule has 0 aliphatic heterocycles. The molecule has 0 radical (unpaired) electrons. The van der Waals surface area contributed by atoms with Crippen LogP contribution in [0.1, 0.15) is 41.7 Å². The zero-order chi connectivity index (χ0) is 35.2. The molecule has 0 saturated heterocycles. The van der Waals surface area contributed by atoms with Gasteiger partial charge in [-0.05, 0) is 30.7 Å². The summed E-state index contributed by atoms with van der Waals surface area (Å²) in [5.74, 6) is -5.05. The average molecular weight is 687 g/mol. The van der Waals surface area contributed by atoms with E-state index in [4.69, 9.17) is 10.8 Å². The summed E-state index contributed by atoms with van der Waals surface area (Å²) in [6.45, 7) is 0.201. The molecule has 19 nitrogen and oxygen atoms in total. The number of carboxylic acid groups (broad SMARTS) is 2. The number of amides is 4. The van der Waals surface area contributed by atoms with Gasteiger partial charge in [-0.25, -0.2) is 14.8 Å². The maximum atomic E-state index is 12.7. The Labute approximate surface area is 277 Å². The number of nitrogens with one attached hydrogen (secondary N) is 6. The summed E-state index contributed by atoms with van der Waals surface area (Å²) in [5, 5.41) is 31.2. The van der Waals surface area contributed by atoms with Crippen molar-refractivity contribution in [2.24, 2.45) is 0 Å². The number of aliphatic carboxylic acids is 2. The van der Waals surface area contributed by atoms with E-state index in [1.165, 1.54) is 18.3 Å². The number of thiol groups is 1. The number of rotatable bonds is 18. The smallest absolute Gasteiger partial charge is 0.326 e. The van der Waals surface area contributed by atoms with E-state index in [2.05, 4.69) is 59.1 Å². The van der Waals surface area contributed by atoms with Crippen molar-refractivity contribution in [3.63, 3.8) is 0 Å². The Bertz CT molecular complexity index is 1720. The van der Waals surface area contributed by atoms with Gasteiger partial charge in [0.05, 0.1) is 24.9 Å². The van der Waals surface area contributed by atoms with Gasteiger partial charge >= 0.3 is 11.9 Å². The first-order valence-electron chi connectivity index (χ1n) is 14.4. The zero-order valence-electron chi connectivity index (χ0n) is 25.3. The largest absolute Gasteiger partial charge is 0.481 e. The molecule has 2 heterocycles. The van der Waals surface area contributed by atoms with Crippen LogP contribution in [0, 0.1) is 0 Å². The first-order valence-corrected chi connectivity index (χ1v) is 15.0. The number of carboxylic acids is 2. The van der Waals surface area contributed by atoms with Crippen LogP contribution < -0.4 is 37.9 Å². The SMILES string of the molecule is Nc1nc2ncc(CNc3ccc(C(=O)NC(CCC(=O)NCCC(=O)N[C@@H](CC(=O)O)C(=O)NCCS)C(=O)O)cc3)nc2c(=O)[nH]1. The summed E-state index contributed by atoms with van der Waals surface area (Å²) < 4.78 is 0. The predicted octanol–water partition coefficient (Wildman–Crippen LogP) is -1.62. The lowest BCUT2D eigenvalue weighted by Gasteiger charge is -2.17. The minimum Gasteiger partial charge on any atom is -0.481 e. The molecule has 0 bridgehead atoms. The van der Waals surface area contributed by atoms with Crippen molar-refractivity contribution >= 4 is 71.0 Å². The fraction of sp³-hybridized carbons (Fsp3) is 0.357. The van der Waals surface area contributed by atoms with Gasteiger partial charge in [0.2, 0.25) is 23.7 Å². The number of nitrogens with zero attached hydrogens (tertiary/aromatic N) is 3. The van der Waals surface area contributed by atoms with Gasteiger partial charge in [0.15, 0.2) is 11.2 Å². The number of hydrogen-bond acceptors (Lipinski definition) is 13. The standard InChI is InChI=1S/C28H34N10O9S/c29-28-37-23-22(26(45)38-28)34-16(13-33-23)12-32-15-3-1-14(2-4-15)24(43)36-17(27(46)47)5-6-19(39)30-8-7-20(40)35-18(11-21(41)42)25(44)31-9-10-48/h1-4,13,17-18,32,48H,5-12H2,(H,30,39)(H,31,44)(H,35,40)(H,36,43)(H,41,42)(H,46,47)(H3,29,33,37,38,45)/t17?,18-/m0/s1. The van der Waals surface area contributed by atoms with Crippen molar-refractivity contribution in [2.75, 3.05) is 29.9 Å². The van der Waals surface area contributed by atoms with Crippen LogP contribution in [-0.2, 0) is 30.5 Å². The van der Waals surface area contributed by atoms with Gasteiger partial charge in [0, 0.05) is 42.9 Å². The summed E-state index contributed by atoms with van der Waals surface area (Å²) in [6, 6.07) is 3.38. The Kier molecular flexibility index (Phi) is 13.6. The first kappa shape index (κ1) is 36.7. The van der Waals surface area contributed by atoms with E-state index >= 15 is 0 Å². The third-order valence-corrected chi connectivity index (χ3v) is 6.71. The van der Waals surface area contributed by atoms with Crippen molar-refractivity contribution in [1.29, 1.82) is 0 Å². The number of nitrogens with two attached hydrogens (primary N) is 1. The maximum Gasteiger partial charge on any atom is 0.326 e. The van der Waals surface area contributed by atoms with Crippen LogP contribution >= 0.6 is 12.6 Å². The van der Waals surface area contributed by atoms with Crippen molar-refractivity contribution < 1.29 is 39.0 Å². The quantitative estimate of drug-likeness (QED) is 0.0673. The van der Waals surface area contributed by atoms with Crippen LogP contribution in [0.5, 0.6) is 0 Å². The molecule has 0 fully saturated rings. The molecule has 3 rings (SSSR count). The summed E-state index contributed by atoms with van der Waals surface area (Å²) >= 11 is 3.95. The molecule has 4 amide bonds. The number of nitrogen functional groups attached to an aromatic ring is 1. The average Bonchev–Trinajstić information content (AvgIpc) is 3.04. The van der Waals surface area contributed by atoms with Crippen molar-refractivity contribution in [1.82, 2.24) is 41.2 Å². The minimum atomic E-state index is -1.39. The summed E-state index contributed by atoms with van der Waals surface area (Å²) in [6.07, 6.45) is -0.0132. The summed E-state index contributed by atoms with van der Waals surface area (Å²) in [5.41, 5.74) is 6.29. The van der Waals surface area contributed by atoms with E-state index < -0.39 is 59.6 Å². The molecular formula is C28H34N10O9S. The Hall–Kier alpha value is -5.79. The van der Waals surface area contributed by atoms with Gasteiger partial charge in [-0.2, -0.15) is 17.6 Å². The predicted molar refractivity (Wildman–Crippen MR) is 173 cm³/mol. The van der Waals surface area contributed by atoms with E-state index in [1.807, 2.05) is 0 Å². The van der Waals surface area contributed by atoms with E-state index in [0.717, 1.165) is 0 Å². The molecule has 0 spiro atoms. The van der Waals surface area contributed by atoms with E-state index in [1.54, 1.807) is 12.1 Å². The Morgan fingerprint density at radius 3 is 2.31 bits per heavy atom. The second-order valence-corrected chi connectivity index (χ2v) is 10.6. The van der Waals surface area contributed by atoms with E-state index in [0.29, 0.717) is 17.1 Å². The molecule has 0 aliphatic rings. The first-order chi connectivity index (χ1) is 22.9. The lowest BCUT2D eigenvalue weighted by atomic mass is 10.1. The van der Waals surface area contributed by atoms with Crippen LogP contribution in [0.4, 0.5) is 11.6 Å². The molecule has 48 heavy (non-hydrogen) atoms. The highest BCUT2D eigenvalue weighted by Gasteiger charge is 2.24. The molecule has 256 valence electrons. The highest BCUT2D eigenvalue weighted by atomic mass is 32.1. The van der Waals surface area contributed by atoms with Crippen LogP contribution in [0.15, 0.2) is 35.3 Å². The zero-order valence-corrected chi connectivity index (χ0v) is 26.2. The summed E-state index contributed by atoms with van der Waals surface area (Å²) in [7, 11) is 0. The van der Waals surface area contributed by atoms with Crippen molar-refractivity contribution in [3.05, 3.63) is 52.1 Å². The molecule has 2 atom stereocenters. The van der Waals surface area contributed by atoms with Crippen molar-refractivity contribution in [3.8, 4) is 0 Å². The lowest BCUT2D eigenvalue weighted by molar-refractivity contribution is -0.141. The number of benzene rings is 1. The number of carbonyl (C=O) groups is 6. The summed E-state index contributed by atoms with van der Waals surface area (Å²) in [4.78, 5) is 98.6. The topological polar surface area (TPSA) is 301 Å². The van der Waals surface area contributed by atoms with E-state index in [9.17, 15) is 38.7 Å². The normalized spacial score (nSPS) is 11.9. The van der Waals surface area contributed by atoms with Crippen LogP contribution in [0.25, 0.3) is 11.2 Å². The fourth-order valence-corrected chi connectivity index (χ4v) is 4.23. The fourth-order valence-electron chi connectivity index (χ4n) is 4.12. The number of aromatic amines is 1. The second kappa shape index (κ2) is 17.8. The minimum absolute atomic E-state index is 0.0271. The van der Waals surface area contributed by atoms with Gasteiger partial charge < -0.3 is 42.5 Å². The second-order valence-electron chi connectivity index (χ2n) is 10.2. The molecule has 1 unspecified atom stereocenters. The third-order valence-electron chi connectivity index (χ3n) is 6.49. The number of hydrogen-bond donors (Lipinski definition) is 10. The highest BCUT2D eigenvalue weighted by Crippen LogP contribution is 2.12. The van der Waals surface area contributed by atoms with Gasteiger partial charge in [-0.3, -0.25) is 33.8 Å². The van der Waals surface area contributed by atoms with E-state index in [-0.39, 0.29) is 61.6 Å². The number of H-pyrrole nitrogens is 1. The molecular weight excluding hydrogens is 652 g/mol. The number of anilines is 2. The van der Waals surface area contributed by atoms with Crippen LogP contribution in [0.3, 0.4) is 0 Å². The van der Waals surface area contributed by atoms with Crippen LogP contribution in [0.2, 0.25) is 0 Å². The Balaban J connectivity index is 1.44. The monoisotopic (exact) mass is 686 g/mol.